The van der Waals surface area contributed by atoms with Gasteiger partial charge in [0.25, 0.3) is 0 Å². The molecule has 0 aromatic heterocycles. The van der Waals surface area contributed by atoms with Crippen molar-refractivity contribution < 1.29 is 17.6 Å². The van der Waals surface area contributed by atoms with Crippen LogP contribution in [0.25, 0.3) is 0 Å². The Kier molecular flexibility index (Phi) is 5.04. The molecule has 0 radical (unpaired) electrons. The molecule has 1 aromatic rings. The van der Waals surface area contributed by atoms with E-state index >= 15 is 0 Å². The fourth-order valence-corrected chi connectivity index (χ4v) is 4.99. The Morgan fingerprint density at radius 3 is 2.82 bits per heavy atom. The first-order valence-electron chi connectivity index (χ1n) is 6.70. The Labute approximate surface area is 133 Å². The van der Waals surface area contributed by atoms with E-state index in [4.69, 9.17) is 16.9 Å². The van der Waals surface area contributed by atoms with Gasteiger partial charge in [0.2, 0.25) is 5.91 Å². The molecule has 1 fully saturated rings. The summed E-state index contributed by atoms with van der Waals surface area (Å²) in [5.41, 5.74) is 0. The third-order valence-electron chi connectivity index (χ3n) is 3.74. The first-order chi connectivity index (χ1) is 10.4. The van der Waals surface area contributed by atoms with E-state index in [1.807, 2.05) is 0 Å². The first kappa shape index (κ1) is 16.7. The second-order valence-corrected chi connectivity index (χ2v) is 7.73. The molecule has 0 saturated heterocycles. The molecule has 8 heteroatoms. The van der Waals surface area contributed by atoms with Gasteiger partial charge < -0.3 is 5.32 Å². The Morgan fingerprint density at radius 2 is 2.18 bits per heavy atom. The van der Waals surface area contributed by atoms with E-state index in [0.29, 0.717) is 12.8 Å². The largest absolute Gasteiger partial charge is 0.343 e. The van der Waals surface area contributed by atoms with Gasteiger partial charge in [0.1, 0.15) is 12.4 Å². The van der Waals surface area contributed by atoms with Crippen molar-refractivity contribution in [3.63, 3.8) is 0 Å². The molecule has 0 spiro atoms. The van der Waals surface area contributed by atoms with Gasteiger partial charge in [0, 0.05) is 5.92 Å². The van der Waals surface area contributed by atoms with E-state index in [2.05, 4.69) is 5.32 Å². The minimum Gasteiger partial charge on any atom is -0.343 e. The number of benzene rings is 1. The van der Waals surface area contributed by atoms with Gasteiger partial charge in [-0.05, 0) is 37.5 Å². The van der Waals surface area contributed by atoms with E-state index in [1.165, 1.54) is 0 Å². The molecule has 1 aliphatic carbocycles. The Morgan fingerprint density at radius 1 is 1.45 bits per heavy atom. The van der Waals surface area contributed by atoms with Crippen molar-refractivity contribution in [3.05, 3.63) is 29.0 Å². The lowest BCUT2D eigenvalue weighted by atomic mass is 10.1. The Bertz CT molecular complexity index is 730. The topological polar surface area (TPSA) is 87.0 Å². The molecule has 22 heavy (non-hydrogen) atoms. The minimum absolute atomic E-state index is 0.101. The van der Waals surface area contributed by atoms with Crippen molar-refractivity contribution in [2.75, 3.05) is 6.54 Å². The molecule has 1 N–H and O–H groups in total. The highest BCUT2D eigenvalue weighted by molar-refractivity contribution is 7.92. The standard InChI is InChI=1S/C14H14ClFN2O3S/c15-12-8-10(16)2-4-13(12)22(20,21)11-3-1-9(7-11)14(19)18-6-5-17/h2,4,8-9,11H,1,3,6-7H2,(H,18,19)/t9-,11-/m1/s1. The SMILES string of the molecule is N#CCNC(=O)[C@@H]1CC[C@@H](S(=O)(=O)c2ccc(F)cc2Cl)C1. The number of hydrogen-bond acceptors (Lipinski definition) is 4. The number of hydrogen-bond donors (Lipinski definition) is 1. The molecule has 5 nitrogen and oxygen atoms in total. The van der Waals surface area contributed by atoms with Crippen LogP contribution in [0.3, 0.4) is 0 Å². The van der Waals surface area contributed by atoms with Crippen molar-refractivity contribution in [2.45, 2.75) is 29.4 Å². The van der Waals surface area contributed by atoms with E-state index in [1.54, 1.807) is 6.07 Å². The minimum atomic E-state index is -3.72. The summed E-state index contributed by atoms with van der Waals surface area (Å²) in [6.07, 6.45) is 0.938. The van der Waals surface area contributed by atoms with E-state index in [9.17, 15) is 17.6 Å². The van der Waals surface area contributed by atoms with Gasteiger partial charge >= 0.3 is 0 Å². The summed E-state index contributed by atoms with van der Waals surface area (Å²) in [6, 6.07) is 4.95. The van der Waals surface area contributed by atoms with Crippen LogP contribution in [0, 0.1) is 23.1 Å². The summed E-state index contributed by atoms with van der Waals surface area (Å²) in [7, 11) is -3.72. The van der Waals surface area contributed by atoms with Crippen molar-refractivity contribution in [1.29, 1.82) is 5.26 Å². The van der Waals surface area contributed by atoms with Crippen LogP contribution in [0.5, 0.6) is 0 Å². The van der Waals surface area contributed by atoms with Crippen LogP contribution in [0.2, 0.25) is 5.02 Å². The number of halogens is 2. The van der Waals surface area contributed by atoms with Crippen molar-refractivity contribution >= 4 is 27.3 Å². The highest BCUT2D eigenvalue weighted by Gasteiger charge is 2.38. The maximum atomic E-state index is 13.0. The molecule has 1 aromatic carbocycles. The summed E-state index contributed by atoms with van der Waals surface area (Å²) in [4.78, 5) is 11.7. The number of sulfone groups is 1. The highest BCUT2D eigenvalue weighted by atomic mass is 35.5. The third kappa shape index (κ3) is 3.39. The van der Waals surface area contributed by atoms with Gasteiger partial charge in [-0.15, -0.1) is 0 Å². The Balaban J connectivity index is 2.15. The lowest BCUT2D eigenvalue weighted by molar-refractivity contribution is -0.124. The summed E-state index contributed by atoms with van der Waals surface area (Å²) in [6.45, 7) is -0.101. The fourth-order valence-electron chi connectivity index (χ4n) is 2.62. The molecular formula is C14H14ClFN2O3S. The smallest absolute Gasteiger partial charge is 0.223 e. The number of amides is 1. The molecule has 1 aliphatic rings. The van der Waals surface area contributed by atoms with Crippen molar-refractivity contribution in [3.8, 4) is 6.07 Å². The van der Waals surface area contributed by atoms with Crippen molar-refractivity contribution in [1.82, 2.24) is 5.32 Å². The number of nitrogens with zero attached hydrogens (tertiary/aromatic N) is 1. The molecule has 0 bridgehead atoms. The zero-order chi connectivity index (χ0) is 16.3. The lowest BCUT2D eigenvalue weighted by Gasteiger charge is -2.13. The molecule has 2 atom stereocenters. The third-order valence-corrected chi connectivity index (χ3v) is 6.44. The van der Waals surface area contributed by atoms with E-state index < -0.39 is 26.8 Å². The molecule has 0 aliphatic heterocycles. The van der Waals surface area contributed by atoms with Gasteiger partial charge in [0.15, 0.2) is 9.84 Å². The Hall–Kier alpha value is -1.65. The van der Waals surface area contributed by atoms with Crippen LogP contribution >= 0.6 is 11.6 Å². The molecular weight excluding hydrogens is 331 g/mol. The number of carbonyl (C=O) groups is 1. The van der Waals surface area contributed by atoms with E-state index in [-0.39, 0.29) is 28.8 Å². The average Bonchev–Trinajstić information content (AvgIpc) is 2.95. The summed E-state index contributed by atoms with van der Waals surface area (Å²) < 4.78 is 38.2. The van der Waals surface area contributed by atoms with Gasteiger partial charge in [-0.3, -0.25) is 4.79 Å². The van der Waals surface area contributed by atoms with Crippen LogP contribution in [0.4, 0.5) is 4.39 Å². The number of carbonyl (C=O) groups excluding carboxylic acids is 1. The molecule has 1 amide bonds. The van der Waals surface area contributed by atoms with Crippen LogP contribution in [-0.2, 0) is 14.6 Å². The quantitative estimate of drug-likeness (QED) is 0.669. The van der Waals surface area contributed by atoms with Gasteiger partial charge in [-0.1, -0.05) is 11.6 Å². The molecule has 1 saturated carbocycles. The maximum Gasteiger partial charge on any atom is 0.223 e. The highest BCUT2D eigenvalue weighted by Crippen LogP contribution is 2.36. The molecule has 2 rings (SSSR count). The molecule has 0 heterocycles. The lowest BCUT2D eigenvalue weighted by Crippen LogP contribution is -2.30. The zero-order valence-corrected chi connectivity index (χ0v) is 13.1. The van der Waals surface area contributed by atoms with Crippen LogP contribution in [-0.4, -0.2) is 26.1 Å². The predicted octanol–water partition coefficient (Wildman–Crippen LogP) is 2.06. The van der Waals surface area contributed by atoms with Gasteiger partial charge in [0.05, 0.1) is 21.2 Å². The van der Waals surface area contributed by atoms with Crippen LogP contribution < -0.4 is 5.32 Å². The fraction of sp³-hybridized carbons (Fsp3) is 0.429. The monoisotopic (exact) mass is 344 g/mol. The number of nitriles is 1. The number of rotatable bonds is 4. The zero-order valence-electron chi connectivity index (χ0n) is 11.6. The number of nitrogens with one attached hydrogen (secondary N) is 1. The van der Waals surface area contributed by atoms with E-state index in [0.717, 1.165) is 18.2 Å². The second-order valence-electron chi connectivity index (χ2n) is 5.13. The average molecular weight is 345 g/mol. The second kappa shape index (κ2) is 6.63. The first-order valence-corrected chi connectivity index (χ1v) is 8.62. The van der Waals surface area contributed by atoms with Gasteiger partial charge in [-0.25, -0.2) is 12.8 Å². The predicted molar refractivity (Wildman–Crippen MR) is 78.3 cm³/mol. The van der Waals surface area contributed by atoms with Crippen molar-refractivity contribution in [2.24, 2.45) is 5.92 Å². The van der Waals surface area contributed by atoms with Crippen LogP contribution in [0.1, 0.15) is 19.3 Å². The normalized spacial score (nSPS) is 21.3. The maximum absolute atomic E-state index is 13.0. The summed E-state index contributed by atoms with van der Waals surface area (Å²) >= 11 is 5.83. The summed E-state index contributed by atoms with van der Waals surface area (Å²) in [5.74, 6) is -1.36. The molecule has 118 valence electrons. The van der Waals surface area contributed by atoms with Gasteiger partial charge in [-0.2, -0.15) is 5.26 Å². The summed E-state index contributed by atoms with van der Waals surface area (Å²) in [5, 5.41) is 9.99. The van der Waals surface area contributed by atoms with Crippen LogP contribution in [0.15, 0.2) is 23.1 Å². The molecule has 0 unspecified atom stereocenters.